The second kappa shape index (κ2) is 7.55. The summed E-state index contributed by atoms with van der Waals surface area (Å²) in [6.07, 6.45) is 0. The maximum atomic E-state index is 11.8. The number of carbonyl (C=O) groups excluding carboxylic acids is 2. The zero-order chi connectivity index (χ0) is 13.4. The minimum absolute atomic E-state index is 0.0829. The lowest BCUT2D eigenvalue weighted by molar-refractivity contribution is -0.118. The van der Waals surface area contributed by atoms with E-state index in [4.69, 9.17) is 16.3 Å². The smallest absolute Gasteiger partial charge is 0.255 e. The molecule has 0 atom stereocenters. The average Bonchev–Trinajstić information content (AvgIpc) is 2.42. The number of hydrogen-bond acceptors (Lipinski definition) is 3. The summed E-state index contributed by atoms with van der Waals surface area (Å²) in [6, 6.07) is 6.93. The Bertz CT molecular complexity index is 424. The molecule has 0 saturated carbocycles. The Morgan fingerprint density at radius 3 is 2.56 bits per heavy atom. The maximum Gasteiger partial charge on any atom is 0.255 e. The lowest BCUT2D eigenvalue weighted by Gasteiger charge is -2.09. The first-order valence-corrected chi connectivity index (χ1v) is 5.96. The number of methoxy groups -OCH3 is 1. The molecule has 1 aromatic carbocycles. The average molecular weight is 271 g/mol. The van der Waals surface area contributed by atoms with E-state index in [0.29, 0.717) is 24.4 Å². The molecule has 1 rings (SSSR count). The van der Waals surface area contributed by atoms with E-state index in [-0.39, 0.29) is 17.7 Å². The number of ether oxygens (including phenoxy) is 1. The molecule has 0 heterocycles. The van der Waals surface area contributed by atoms with Crippen LogP contribution in [0.1, 0.15) is 10.4 Å². The highest BCUT2D eigenvalue weighted by atomic mass is 35.5. The van der Waals surface area contributed by atoms with Gasteiger partial charge in [0.2, 0.25) is 5.91 Å². The largest absolute Gasteiger partial charge is 0.496 e. The Labute approximate surface area is 110 Å². The minimum atomic E-state index is -0.261. The Kier molecular flexibility index (Phi) is 6.00. The van der Waals surface area contributed by atoms with Crippen molar-refractivity contribution < 1.29 is 14.3 Å². The van der Waals surface area contributed by atoms with E-state index >= 15 is 0 Å². The van der Waals surface area contributed by atoms with Crippen molar-refractivity contribution in [1.29, 1.82) is 0 Å². The van der Waals surface area contributed by atoms with Gasteiger partial charge in [-0.2, -0.15) is 0 Å². The highest BCUT2D eigenvalue weighted by molar-refractivity contribution is 6.27. The zero-order valence-electron chi connectivity index (χ0n) is 10.0. The van der Waals surface area contributed by atoms with Gasteiger partial charge in [-0.1, -0.05) is 12.1 Å². The molecule has 98 valence electrons. The molecule has 5 nitrogen and oxygen atoms in total. The molecule has 0 aromatic heterocycles. The predicted octanol–water partition coefficient (Wildman–Crippen LogP) is 0.780. The van der Waals surface area contributed by atoms with Gasteiger partial charge in [0.05, 0.1) is 12.7 Å². The van der Waals surface area contributed by atoms with Crippen LogP contribution in [0.4, 0.5) is 0 Å². The Balaban J connectivity index is 2.43. The van der Waals surface area contributed by atoms with Crippen LogP contribution in [0.15, 0.2) is 24.3 Å². The molecule has 18 heavy (non-hydrogen) atoms. The summed E-state index contributed by atoms with van der Waals surface area (Å²) in [7, 11) is 1.51. The van der Waals surface area contributed by atoms with Gasteiger partial charge < -0.3 is 15.4 Å². The van der Waals surface area contributed by atoms with Crippen LogP contribution in [-0.2, 0) is 4.79 Å². The van der Waals surface area contributed by atoms with Crippen molar-refractivity contribution in [1.82, 2.24) is 10.6 Å². The van der Waals surface area contributed by atoms with Gasteiger partial charge in [0.15, 0.2) is 0 Å². The van der Waals surface area contributed by atoms with E-state index in [1.165, 1.54) is 7.11 Å². The molecule has 1 aromatic rings. The molecular formula is C12H15ClN2O3. The van der Waals surface area contributed by atoms with Crippen molar-refractivity contribution in [2.24, 2.45) is 0 Å². The normalized spacial score (nSPS) is 9.67. The number of rotatable bonds is 6. The van der Waals surface area contributed by atoms with Gasteiger partial charge in [0, 0.05) is 13.1 Å². The second-order valence-corrected chi connectivity index (χ2v) is 3.71. The lowest BCUT2D eigenvalue weighted by atomic mass is 10.2. The molecule has 2 amide bonds. The van der Waals surface area contributed by atoms with Crippen LogP contribution >= 0.6 is 11.6 Å². The third kappa shape index (κ3) is 4.25. The maximum absolute atomic E-state index is 11.8. The fourth-order valence-electron chi connectivity index (χ4n) is 1.35. The number of nitrogens with one attached hydrogen (secondary N) is 2. The molecule has 0 spiro atoms. The number of carbonyl (C=O) groups is 2. The second-order valence-electron chi connectivity index (χ2n) is 3.44. The monoisotopic (exact) mass is 270 g/mol. The van der Waals surface area contributed by atoms with E-state index in [1.54, 1.807) is 24.3 Å². The fraction of sp³-hybridized carbons (Fsp3) is 0.333. The first kappa shape index (κ1) is 14.3. The van der Waals surface area contributed by atoms with Gasteiger partial charge in [-0.15, -0.1) is 11.6 Å². The van der Waals surface area contributed by atoms with Crippen LogP contribution in [0.3, 0.4) is 0 Å². The van der Waals surface area contributed by atoms with Crippen LogP contribution < -0.4 is 15.4 Å². The van der Waals surface area contributed by atoms with E-state index in [1.807, 2.05) is 0 Å². The Morgan fingerprint density at radius 2 is 1.89 bits per heavy atom. The van der Waals surface area contributed by atoms with Crippen LogP contribution in [0.2, 0.25) is 0 Å². The Morgan fingerprint density at radius 1 is 1.22 bits per heavy atom. The molecule has 6 heteroatoms. The van der Waals surface area contributed by atoms with Gasteiger partial charge >= 0.3 is 0 Å². The molecular weight excluding hydrogens is 256 g/mol. The molecule has 0 aliphatic heterocycles. The summed E-state index contributed by atoms with van der Waals surface area (Å²) in [6.45, 7) is 0.673. The SMILES string of the molecule is COc1ccccc1C(=O)NCCNC(=O)CCl. The van der Waals surface area contributed by atoms with E-state index in [0.717, 1.165) is 0 Å². The van der Waals surface area contributed by atoms with Gasteiger partial charge in [0.1, 0.15) is 11.6 Å². The lowest BCUT2D eigenvalue weighted by Crippen LogP contribution is -2.35. The van der Waals surface area contributed by atoms with E-state index in [2.05, 4.69) is 10.6 Å². The molecule has 0 aliphatic rings. The van der Waals surface area contributed by atoms with Gasteiger partial charge in [-0.3, -0.25) is 9.59 Å². The van der Waals surface area contributed by atoms with Crippen molar-refractivity contribution in [3.63, 3.8) is 0 Å². The molecule has 0 aliphatic carbocycles. The zero-order valence-corrected chi connectivity index (χ0v) is 10.8. The number of halogens is 1. The number of hydrogen-bond donors (Lipinski definition) is 2. The number of benzene rings is 1. The van der Waals surface area contributed by atoms with Crippen LogP contribution in [0, 0.1) is 0 Å². The summed E-state index contributed by atoms with van der Waals surface area (Å²) < 4.78 is 5.08. The summed E-state index contributed by atoms with van der Waals surface area (Å²) in [5.74, 6) is -0.0731. The molecule has 0 unspecified atom stereocenters. The number of amides is 2. The predicted molar refractivity (Wildman–Crippen MR) is 69.1 cm³/mol. The highest BCUT2D eigenvalue weighted by Gasteiger charge is 2.10. The van der Waals surface area contributed by atoms with Crippen LogP contribution in [-0.4, -0.2) is 37.9 Å². The van der Waals surface area contributed by atoms with Gasteiger partial charge in [-0.05, 0) is 12.1 Å². The van der Waals surface area contributed by atoms with Crippen molar-refractivity contribution in [2.75, 3.05) is 26.1 Å². The third-order valence-electron chi connectivity index (χ3n) is 2.21. The minimum Gasteiger partial charge on any atom is -0.496 e. The molecule has 0 saturated heterocycles. The molecule has 2 N–H and O–H groups in total. The topological polar surface area (TPSA) is 67.4 Å². The van der Waals surface area contributed by atoms with Gasteiger partial charge in [0.25, 0.3) is 5.91 Å². The number of alkyl halides is 1. The highest BCUT2D eigenvalue weighted by Crippen LogP contribution is 2.16. The van der Waals surface area contributed by atoms with Gasteiger partial charge in [-0.25, -0.2) is 0 Å². The number of para-hydroxylation sites is 1. The molecule has 0 fully saturated rings. The first-order chi connectivity index (χ1) is 8.69. The summed E-state index contributed by atoms with van der Waals surface area (Å²) in [5, 5.41) is 5.23. The standard InChI is InChI=1S/C12H15ClN2O3/c1-18-10-5-3-2-4-9(10)12(17)15-7-6-14-11(16)8-13/h2-5H,6-8H2,1H3,(H,14,16)(H,15,17). The Hall–Kier alpha value is -1.75. The van der Waals surface area contributed by atoms with Crippen molar-refractivity contribution in [2.45, 2.75) is 0 Å². The fourth-order valence-corrected chi connectivity index (χ4v) is 1.45. The molecule has 0 bridgehead atoms. The van der Waals surface area contributed by atoms with E-state index < -0.39 is 0 Å². The molecule has 0 radical (unpaired) electrons. The first-order valence-electron chi connectivity index (χ1n) is 5.43. The van der Waals surface area contributed by atoms with Crippen molar-refractivity contribution in [3.05, 3.63) is 29.8 Å². The quantitative estimate of drug-likeness (QED) is 0.593. The third-order valence-corrected chi connectivity index (χ3v) is 2.45. The van der Waals surface area contributed by atoms with Crippen LogP contribution in [0.25, 0.3) is 0 Å². The van der Waals surface area contributed by atoms with Crippen LogP contribution in [0.5, 0.6) is 5.75 Å². The van der Waals surface area contributed by atoms with Crippen molar-refractivity contribution in [3.8, 4) is 5.75 Å². The van der Waals surface area contributed by atoms with E-state index in [9.17, 15) is 9.59 Å². The summed E-state index contributed by atoms with van der Waals surface area (Å²) in [5.41, 5.74) is 0.462. The summed E-state index contributed by atoms with van der Waals surface area (Å²) >= 11 is 5.31. The summed E-state index contributed by atoms with van der Waals surface area (Å²) in [4.78, 5) is 22.7. The van der Waals surface area contributed by atoms with Crippen molar-refractivity contribution >= 4 is 23.4 Å².